The Morgan fingerprint density at radius 1 is 0.526 bits per heavy atom. The molecule has 0 bridgehead atoms. The maximum absolute atomic E-state index is 12.7. The molecule has 2 aliphatic carbocycles. The van der Waals surface area contributed by atoms with E-state index in [4.69, 9.17) is 30.4 Å². The highest BCUT2D eigenvalue weighted by Crippen LogP contribution is 2.33. The van der Waals surface area contributed by atoms with Crippen LogP contribution in [0.3, 0.4) is 0 Å². The van der Waals surface area contributed by atoms with E-state index in [1.807, 2.05) is 18.2 Å². The van der Waals surface area contributed by atoms with Crippen molar-refractivity contribution in [2.75, 3.05) is 39.5 Å². The summed E-state index contributed by atoms with van der Waals surface area (Å²) in [6.07, 6.45) is 12.6. The van der Waals surface area contributed by atoms with Gasteiger partial charge in [0, 0.05) is 19.5 Å². The lowest BCUT2D eigenvalue weighted by molar-refractivity contribution is -0.149. The first-order valence-corrected chi connectivity index (χ1v) is 20.3. The van der Waals surface area contributed by atoms with Gasteiger partial charge in [-0.1, -0.05) is 84.9 Å². The predicted molar refractivity (Wildman–Crippen MR) is 226 cm³/mol. The van der Waals surface area contributed by atoms with Gasteiger partial charge in [-0.05, 0) is 120 Å². The summed E-state index contributed by atoms with van der Waals surface area (Å²) >= 11 is 0. The number of nitrogens with one attached hydrogen (secondary N) is 2. The number of nitrogens with two attached hydrogens (primary N) is 2. The highest BCUT2D eigenvalue weighted by Gasteiger charge is 2.23. The van der Waals surface area contributed by atoms with E-state index in [0.717, 1.165) is 62.9 Å². The van der Waals surface area contributed by atoms with E-state index in [9.17, 15) is 9.59 Å². The van der Waals surface area contributed by atoms with Crippen molar-refractivity contribution in [3.05, 3.63) is 130 Å². The third-order valence-corrected chi connectivity index (χ3v) is 10.3. The average Bonchev–Trinajstić information content (AvgIpc) is 3.26. The van der Waals surface area contributed by atoms with E-state index in [2.05, 4.69) is 102 Å². The molecule has 0 heterocycles. The Bertz CT molecular complexity index is 1970. The number of allylic oxidation sites excluding steroid dienone is 2. The van der Waals surface area contributed by atoms with Gasteiger partial charge in [-0.2, -0.15) is 0 Å². The SMILES string of the molecule is NCC(NNC(CN)C(=O)OCCCOc1ccc2c(c1)C=C(c1ccccc1)CC2)C(=O)OCCCCCCOc1ccc2c(c1)C=C(c1ccccc1)CC2. The first-order valence-electron chi connectivity index (χ1n) is 20.3. The van der Waals surface area contributed by atoms with E-state index in [1.54, 1.807) is 0 Å². The molecule has 0 aliphatic heterocycles. The van der Waals surface area contributed by atoms with Crippen LogP contribution in [0.5, 0.6) is 11.5 Å². The molecule has 10 nitrogen and oxygen atoms in total. The molecule has 4 aromatic carbocycles. The van der Waals surface area contributed by atoms with Crippen LogP contribution in [0.25, 0.3) is 23.3 Å². The second-order valence-corrected chi connectivity index (χ2v) is 14.5. The maximum atomic E-state index is 12.7. The van der Waals surface area contributed by atoms with Gasteiger partial charge in [-0.15, -0.1) is 0 Å². The molecule has 6 rings (SSSR count). The molecule has 0 spiro atoms. The first-order chi connectivity index (χ1) is 28.0. The van der Waals surface area contributed by atoms with Crippen LogP contribution in [0.4, 0.5) is 0 Å². The van der Waals surface area contributed by atoms with Gasteiger partial charge in [-0.25, -0.2) is 10.9 Å². The quantitative estimate of drug-likeness (QED) is 0.0378. The molecule has 2 atom stereocenters. The van der Waals surface area contributed by atoms with Gasteiger partial charge in [0.05, 0.1) is 26.4 Å². The highest BCUT2D eigenvalue weighted by molar-refractivity contribution is 5.85. The zero-order valence-electron chi connectivity index (χ0n) is 32.8. The summed E-state index contributed by atoms with van der Waals surface area (Å²) in [7, 11) is 0. The van der Waals surface area contributed by atoms with Crippen LogP contribution in [0.1, 0.15) is 78.3 Å². The lowest BCUT2D eigenvalue weighted by Gasteiger charge is -2.21. The molecule has 0 aromatic heterocycles. The molecule has 0 saturated carbocycles. The third kappa shape index (κ3) is 12.4. The number of hydrogen-bond donors (Lipinski definition) is 4. The molecular weight excluding hydrogens is 717 g/mol. The maximum Gasteiger partial charge on any atom is 0.325 e. The van der Waals surface area contributed by atoms with Gasteiger partial charge in [0.15, 0.2) is 0 Å². The Labute approximate surface area is 336 Å². The normalized spacial score (nSPS) is 14.3. The number of hydrogen-bond acceptors (Lipinski definition) is 10. The largest absolute Gasteiger partial charge is 0.494 e. The van der Waals surface area contributed by atoms with Crippen molar-refractivity contribution in [3.63, 3.8) is 0 Å². The van der Waals surface area contributed by atoms with Crippen molar-refractivity contribution in [3.8, 4) is 11.5 Å². The second-order valence-electron chi connectivity index (χ2n) is 14.5. The number of carbonyl (C=O) groups excluding carboxylic acids is 2. The van der Waals surface area contributed by atoms with Crippen molar-refractivity contribution < 1.29 is 28.5 Å². The summed E-state index contributed by atoms with van der Waals surface area (Å²) < 4.78 is 22.9. The number of rotatable bonds is 22. The van der Waals surface area contributed by atoms with Crippen LogP contribution in [0.15, 0.2) is 97.1 Å². The van der Waals surface area contributed by atoms with Crippen molar-refractivity contribution >= 4 is 35.2 Å². The van der Waals surface area contributed by atoms with E-state index < -0.39 is 24.0 Å². The zero-order chi connectivity index (χ0) is 39.7. The zero-order valence-corrected chi connectivity index (χ0v) is 32.8. The number of hydrazine groups is 1. The Kier molecular flexibility index (Phi) is 15.9. The number of carbonyl (C=O) groups is 2. The Morgan fingerprint density at radius 2 is 0.965 bits per heavy atom. The van der Waals surface area contributed by atoms with Crippen molar-refractivity contribution in [1.29, 1.82) is 0 Å². The number of benzene rings is 4. The molecule has 0 amide bonds. The number of unbranched alkanes of at least 4 members (excludes halogenated alkanes) is 3. The molecule has 2 unspecified atom stereocenters. The Morgan fingerprint density at radius 3 is 1.44 bits per heavy atom. The van der Waals surface area contributed by atoms with Crippen LogP contribution >= 0.6 is 0 Å². The second kappa shape index (κ2) is 21.9. The molecule has 4 aromatic rings. The van der Waals surface area contributed by atoms with Gasteiger partial charge in [0.25, 0.3) is 0 Å². The number of esters is 2. The van der Waals surface area contributed by atoms with Crippen LogP contribution < -0.4 is 31.8 Å². The number of aryl methyl sites for hydroxylation is 2. The molecular formula is C47H56N4O6. The van der Waals surface area contributed by atoms with E-state index in [1.165, 1.54) is 44.5 Å². The van der Waals surface area contributed by atoms with Crippen molar-refractivity contribution in [1.82, 2.24) is 10.9 Å². The third-order valence-electron chi connectivity index (χ3n) is 10.3. The fourth-order valence-corrected chi connectivity index (χ4v) is 7.04. The molecule has 2 aliphatic rings. The highest BCUT2D eigenvalue weighted by atomic mass is 16.5. The van der Waals surface area contributed by atoms with Crippen LogP contribution in [-0.2, 0) is 31.9 Å². The number of ether oxygens (including phenoxy) is 4. The fourth-order valence-electron chi connectivity index (χ4n) is 7.04. The summed E-state index contributed by atoms with van der Waals surface area (Å²) in [5, 5.41) is 0. The van der Waals surface area contributed by atoms with Gasteiger partial charge < -0.3 is 30.4 Å². The predicted octanol–water partition coefficient (Wildman–Crippen LogP) is 6.90. The minimum atomic E-state index is -0.870. The Balaban J connectivity index is 0.813. The van der Waals surface area contributed by atoms with Gasteiger partial charge in [0.2, 0.25) is 0 Å². The van der Waals surface area contributed by atoms with Gasteiger partial charge >= 0.3 is 11.9 Å². The van der Waals surface area contributed by atoms with Crippen molar-refractivity contribution in [2.45, 2.75) is 69.9 Å². The summed E-state index contributed by atoms with van der Waals surface area (Å²) in [4.78, 5) is 25.4. The van der Waals surface area contributed by atoms with Gasteiger partial charge in [-0.3, -0.25) is 9.59 Å². The van der Waals surface area contributed by atoms with Crippen molar-refractivity contribution in [2.24, 2.45) is 11.5 Å². The standard InChI is InChI=1S/C47H56N4O6/c48-32-44(46(52)56-25-10-2-1-9-24-54-42-22-20-36-16-18-38(28-40(36)30-42)34-12-5-3-6-13-34)50-51-45(33-49)47(53)57-27-11-26-55-43-23-21-37-17-19-39(29-41(37)31-43)35-14-7-4-8-15-35/h3-8,12-15,20-23,28-31,44-45,50-51H,1-2,9-11,16-19,24-27,32-33,48-49H2. The number of fused-ring (bicyclic) bond motifs is 2. The molecule has 10 heteroatoms. The van der Waals surface area contributed by atoms with E-state index in [-0.39, 0.29) is 26.3 Å². The molecule has 0 saturated heterocycles. The lowest BCUT2D eigenvalue weighted by atomic mass is 9.88. The molecule has 0 radical (unpaired) electrons. The topological polar surface area (TPSA) is 147 Å². The lowest BCUT2D eigenvalue weighted by Crippen LogP contribution is -2.57. The van der Waals surface area contributed by atoms with Crippen LogP contribution in [0.2, 0.25) is 0 Å². The molecule has 6 N–H and O–H groups in total. The first kappa shape index (κ1) is 41.4. The summed E-state index contributed by atoms with van der Waals surface area (Å²) in [5.41, 5.74) is 27.5. The van der Waals surface area contributed by atoms with E-state index in [0.29, 0.717) is 19.6 Å². The van der Waals surface area contributed by atoms with Crippen LogP contribution in [-0.4, -0.2) is 63.5 Å². The van der Waals surface area contributed by atoms with Gasteiger partial charge in [0.1, 0.15) is 23.6 Å². The summed E-state index contributed by atoms with van der Waals surface area (Å²) in [5.74, 6) is 0.625. The minimum Gasteiger partial charge on any atom is -0.494 e. The molecule has 300 valence electrons. The van der Waals surface area contributed by atoms with E-state index >= 15 is 0 Å². The average molecular weight is 773 g/mol. The molecule has 57 heavy (non-hydrogen) atoms. The fraction of sp³-hybridized carbons (Fsp3) is 0.362. The Hall–Kier alpha value is -5.26. The summed E-state index contributed by atoms with van der Waals surface area (Å²) in [6.45, 7) is 1.39. The monoisotopic (exact) mass is 772 g/mol. The van der Waals surface area contributed by atoms with Crippen LogP contribution in [0, 0.1) is 0 Å². The smallest absolute Gasteiger partial charge is 0.325 e. The summed E-state index contributed by atoms with van der Waals surface area (Å²) in [6, 6.07) is 31.8. The minimum absolute atomic E-state index is 0.0229. The molecule has 0 fully saturated rings.